The largest absolute Gasteiger partial charge is 0.416 e. The summed E-state index contributed by atoms with van der Waals surface area (Å²) in [5.74, 6) is -1.04. The van der Waals surface area contributed by atoms with Gasteiger partial charge in [0.15, 0.2) is 4.34 Å². The summed E-state index contributed by atoms with van der Waals surface area (Å²) in [4.78, 5) is 12.0. The lowest BCUT2D eigenvalue weighted by Gasteiger charge is -2.07. The number of hydrogen-bond donors (Lipinski definition) is 1. The second-order valence-corrected chi connectivity index (χ2v) is 7.49. The van der Waals surface area contributed by atoms with E-state index in [2.05, 4.69) is 15.5 Å². The minimum absolute atomic E-state index is 0.120. The Labute approximate surface area is 159 Å². The summed E-state index contributed by atoms with van der Waals surface area (Å²) < 4.78 is 52.3. The topological polar surface area (TPSA) is 54.9 Å². The van der Waals surface area contributed by atoms with Gasteiger partial charge in [-0.3, -0.25) is 10.1 Å². The number of nitrogens with one attached hydrogen (secondary N) is 1. The molecule has 0 aliphatic heterocycles. The fraction of sp³-hybridized carbons (Fsp3) is 0.118. The molecule has 1 amide bonds. The summed E-state index contributed by atoms with van der Waals surface area (Å²) in [5, 5.41) is 10.3. The number of alkyl halides is 3. The molecule has 0 saturated heterocycles. The monoisotopic (exact) mass is 413 g/mol. The van der Waals surface area contributed by atoms with Gasteiger partial charge in [0.05, 0.1) is 11.1 Å². The third-order valence-corrected chi connectivity index (χ3v) is 5.41. The normalized spacial score (nSPS) is 11.4. The van der Waals surface area contributed by atoms with Crippen molar-refractivity contribution in [3.8, 4) is 0 Å². The minimum Gasteiger partial charge on any atom is -0.296 e. The number of benzene rings is 2. The summed E-state index contributed by atoms with van der Waals surface area (Å²) in [6, 6.07) is 10.5. The highest BCUT2D eigenvalue weighted by molar-refractivity contribution is 8.00. The first-order valence-corrected chi connectivity index (χ1v) is 9.31. The molecule has 3 aromatic rings. The maximum Gasteiger partial charge on any atom is 0.416 e. The van der Waals surface area contributed by atoms with Crippen molar-refractivity contribution in [3.05, 3.63) is 71.0 Å². The molecule has 3 rings (SSSR count). The van der Waals surface area contributed by atoms with E-state index in [1.165, 1.54) is 42.1 Å². The van der Waals surface area contributed by atoms with Crippen LogP contribution in [0.25, 0.3) is 0 Å². The number of carbonyl (C=O) groups excluding carboxylic acids is 1. The van der Waals surface area contributed by atoms with Crippen LogP contribution in [0.5, 0.6) is 0 Å². The van der Waals surface area contributed by atoms with Crippen molar-refractivity contribution in [1.29, 1.82) is 0 Å². The predicted octanol–water partition coefficient (Wildman–Crippen LogP) is 5.24. The van der Waals surface area contributed by atoms with Crippen LogP contribution >= 0.6 is 23.1 Å². The van der Waals surface area contributed by atoms with E-state index in [1.54, 1.807) is 6.07 Å². The van der Waals surface area contributed by atoms with Gasteiger partial charge in [-0.05, 0) is 23.8 Å². The molecule has 0 atom stereocenters. The van der Waals surface area contributed by atoms with Crippen LogP contribution in [-0.2, 0) is 11.9 Å². The zero-order valence-electron chi connectivity index (χ0n) is 13.5. The molecule has 0 bridgehead atoms. The highest BCUT2D eigenvalue weighted by atomic mass is 32.2. The Kier molecular flexibility index (Phi) is 5.76. The molecular weight excluding hydrogens is 402 g/mol. The smallest absolute Gasteiger partial charge is 0.296 e. The molecule has 0 radical (unpaired) electrons. The number of halogens is 4. The van der Waals surface area contributed by atoms with Gasteiger partial charge in [-0.15, -0.1) is 10.2 Å². The van der Waals surface area contributed by atoms with E-state index in [-0.39, 0.29) is 16.4 Å². The van der Waals surface area contributed by atoms with Crippen molar-refractivity contribution in [2.24, 2.45) is 0 Å². The lowest BCUT2D eigenvalue weighted by molar-refractivity contribution is -0.137. The van der Waals surface area contributed by atoms with Gasteiger partial charge < -0.3 is 0 Å². The number of rotatable bonds is 5. The first kappa shape index (κ1) is 19.3. The van der Waals surface area contributed by atoms with Gasteiger partial charge in [-0.2, -0.15) is 13.2 Å². The van der Waals surface area contributed by atoms with Gasteiger partial charge in [-0.1, -0.05) is 53.4 Å². The van der Waals surface area contributed by atoms with Crippen molar-refractivity contribution in [2.75, 3.05) is 5.32 Å². The zero-order chi connectivity index (χ0) is 19.4. The van der Waals surface area contributed by atoms with Crippen LogP contribution in [0.4, 0.5) is 22.7 Å². The van der Waals surface area contributed by atoms with Gasteiger partial charge in [0, 0.05) is 5.75 Å². The van der Waals surface area contributed by atoms with Gasteiger partial charge in [0.2, 0.25) is 5.13 Å². The third-order valence-electron chi connectivity index (χ3n) is 3.36. The Morgan fingerprint density at radius 1 is 1.11 bits per heavy atom. The molecule has 0 spiro atoms. The summed E-state index contributed by atoms with van der Waals surface area (Å²) in [6.45, 7) is 0. The Morgan fingerprint density at radius 3 is 2.63 bits per heavy atom. The Balaban J connectivity index is 1.62. The fourth-order valence-corrected chi connectivity index (χ4v) is 3.80. The molecule has 1 N–H and O–H groups in total. The first-order valence-electron chi connectivity index (χ1n) is 7.51. The summed E-state index contributed by atoms with van der Waals surface area (Å²) in [5.41, 5.74) is -0.344. The van der Waals surface area contributed by atoms with Crippen LogP contribution in [0.1, 0.15) is 21.5 Å². The second kappa shape index (κ2) is 8.05. The zero-order valence-corrected chi connectivity index (χ0v) is 15.1. The van der Waals surface area contributed by atoms with Crippen molar-refractivity contribution in [3.63, 3.8) is 0 Å². The number of thioether (sulfide) groups is 1. The summed E-state index contributed by atoms with van der Waals surface area (Å²) in [6.07, 6.45) is -4.40. The van der Waals surface area contributed by atoms with Crippen LogP contribution in [0.3, 0.4) is 0 Å². The standard InChI is InChI=1S/C17H11F4N3OS2/c18-13-7-2-1-6-12(13)14(25)22-15-23-24-16(27-15)26-9-10-4-3-5-11(8-10)17(19,20)21/h1-8H,9H2,(H,22,23,25). The lowest BCUT2D eigenvalue weighted by atomic mass is 10.1. The van der Waals surface area contributed by atoms with Crippen LogP contribution in [0, 0.1) is 5.82 Å². The van der Waals surface area contributed by atoms with Gasteiger partial charge in [0.1, 0.15) is 5.82 Å². The highest BCUT2D eigenvalue weighted by Gasteiger charge is 2.30. The van der Waals surface area contributed by atoms with E-state index in [0.29, 0.717) is 9.90 Å². The molecule has 1 aromatic heterocycles. The minimum atomic E-state index is -4.40. The van der Waals surface area contributed by atoms with E-state index in [4.69, 9.17) is 0 Å². The van der Waals surface area contributed by atoms with Crippen molar-refractivity contribution in [1.82, 2.24) is 10.2 Å². The van der Waals surface area contributed by atoms with E-state index in [1.807, 2.05) is 0 Å². The molecule has 0 aliphatic rings. The molecule has 2 aromatic carbocycles. The number of anilines is 1. The third kappa shape index (κ3) is 5.04. The SMILES string of the molecule is O=C(Nc1nnc(SCc2cccc(C(F)(F)F)c2)s1)c1ccccc1F. The average Bonchev–Trinajstić information content (AvgIpc) is 3.07. The molecular formula is C17H11F4N3OS2. The molecule has 27 heavy (non-hydrogen) atoms. The lowest BCUT2D eigenvalue weighted by Crippen LogP contribution is -2.13. The average molecular weight is 413 g/mol. The molecule has 0 saturated carbocycles. The predicted molar refractivity (Wildman–Crippen MR) is 95.3 cm³/mol. The number of aromatic nitrogens is 2. The van der Waals surface area contributed by atoms with Gasteiger partial charge >= 0.3 is 6.18 Å². The maximum atomic E-state index is 13.6. The summed E-state index contributed by atoms with van der Waals surface area (Å²) >= 11 is 2.25. The fourth-order valence-electron chi connectivity index (χ4n) is 2.11. The number of carbonyl (C=O) groups is 1. The van der Waals surface area contributed by atoms with Crippen LogP contribution in [-0.4, -0.2) is 16.1 Å². The molecule has 10 heteroatoms. The number of nitrogens with zero attached hydrogens (tertiary/aromatic N) is 2. The van der Waals surface area contributed by atoms with Crippen molar-refractivity contribution in [2.45, 2.75) is 16.3 Å². The Morgan fingerprint density at radius 2 is 1.89 bits per heavy atom. The van der Waals surface area contributed by atoms with Crippen molar-refractivity contribution < 1.29 is 22.4 Å². The van der Waals surface area contributed by atoms with Crippen LogP contribution in [0.2, 0.25) is 0 Å². The quantitative estimate of drug-likeness (QED) is 0.353. The highest BCUT2D eigenvalue weighted by Crippen LogP contribution is 2.32. The molecule has 4 nitrogen and oxygen atoms in total. The maximum absolute atomic E-state index is 13.6. The van der Waals surface area contributed by atoms with E-state index >= 15 is 0 Å². The van der Waals surface area contributed by atoms with Crippen LogP contribution < -0.4 is 5.32 Å². The molecule has 0 aliphatic carbocycles. The molecule has 0 fully saturated rings. The summed E-state index contributed by atoms with van der Waals surface area (Å²) in [7, 11) is 0. The Hall–Kier alpha value is -2.46. The molecule has 0 unspecified atom stereocenters. The molecule has 1 heterocycles. The first-order chi connectivity index (χ1) is 12.8. The number of hydrogen-bond acceptors (Lipinski definition) is 5. The van der Waals surface area contributed by atoms with Crippen molar-refractivity contribution >= 4 is 34.1 Å². The van der Waals surface area contributed by atoms with Gasteiger partial charge in [0.25, 0.3) is 5.91 Å². The second-order valence-electron chi connectivity index (χ2n) is 5.29. The van der Waals surface area contributed by atoms with E-state index < -0.39 is 23.5 Å². The van der Waals surface area contributed by atoms with E-state index in [0.717, 1.165) is 23.5 Å². The van der Waals surface area contributed by atoms with Crippen LogP contribution in [0.15, 0.2) is 52.9 Å². The van der Waals surface area contributed by atoms with Gasteiger partial charge in [-0.25, -0.2) is 4.39 Å². The Bertz CT molecular complexity index is 959. The number of amides is 1. The molecule has 140 valence electrons. The van der Waals surface area contributed by atoms with E-state index in [9.17, 15) is 22.4 Å².